The standard InChI is InChI=1S/C20H28N2S2/c1-3-5-6-17-7-9-18(10-8-17)13-20(15-22-12-11-21-16-22)23-14-19(4-2)24-20/h7-12,16,19H,3-6,13-15H2,1-2H3. The number of rotatable bonds is 8. The van der Waals surface area contributed by atoms with Crippen LogP contribution in [0.1, 0.15) is 44.2 Å². The van der Waals surface area contributed by atoms with E-state index in [1.54, 1.807) is 0 Å². The Labute approximate surface area is 154 Å². The summed E-state index contributed by atoms with van der Waals surface area (Å²) in [7, 11) is 0. The summed E-state index contributed by atoms with van der Waals surface area (Å²) in [6, 6.07) is 9.36. The Morgan fingerprint density at radius 1 is 1.21 bits per heavy atom. The monoisotopic (exact) mass is 360 g/mol. The highest BCUT2D eigenvalue weighted by molar-refractivity contribution is 8.21. The lowest BCUT2D eigenvalue weighted by Gasteiger charge is -2.28. The number of unbranched alkanes of at least 4 members (excludes halogenated alkanes) is 1. The van der Waals surface area contributed by atoms with E-state index in [1.165, 1.54) is 42.6 Å². The van der Waals surface area contributed by atoms with E-state index in [4.69, 9.17) is 0 Å². The van der Waals surface area contributed by atoms with Crippen LogP contribution in [0, 0.1) is 0 Å². The zero-order valence-electron chi connectivity index (χ0n) is 14.8. The number of aryl methyl sites for hydroxylation is 1. The third kappa shape index (κ3) is 4.60. The Balaban J connectivity index is 1.72. The molecule has 24 heavy (non-hydrogen) atoms. The van der Waals surface area contributed by atoms with Crippen LogP contribution in [-0.2, 0) is 19.4 Å². The fourth-order valence-electron chi connectivity index (χ4n) is 3.22. The molecule has 2 atom stereocenters. The van der Waals surface area contributed by atoms with Gasteiger partial charge in [-0.3, -0.25) is 0 Å². The summed E-state index contributed by atoms with van der Waals surface area (Å²) in [5.41, 5.74) is 2.94. The van der Waals surface area contributed by atoms with Crippen molar-refractivity contribution in [3.8, 4) is 0 Å². The minimum atomic E-state index is 0.242. The van der Waals surface area contributed by atoms with Gasteiger partial charge in [0.05, 0.1) is 10.4 Å². The van der Waals surface area contributed by atoms with E-state index in [-0.39, 0.29) is 4.08 Å². The van der Waals surface area contributed by atoms with Crippen LogP contribution in [0.5, 0.6) is 0 Å². The number of nitrogens with zero attached hydrogens (tertiary/aromatic N) is 2. The lowest BCUT2D eigenvalue weighted by atomic mass is 10.0. The first-order valence-corrected chi connectivity index (χ1v) is 10.9. The number of thioether (sulfide) groups is 2. The van der Waals surface area contributed by atoms with Crippen LogP contribution in [0.15, 0.2) is 43.0 Å². The van der Waals surface area contributed by atoms with E-state index in [0.29, 0.717) is 0 Å². The number of hydrogen-bond acceptors (Lipinski definition) is 3. The quantitative estimate of drug-likeness (QED) is 0.626. The Morgan fingerprint density at radius 2 is 2.00 bits per heavy atom. The largest absolute Gasteiger partial charge is 0.335 e. The van der Waals surface area contributed by atoms with Crippen molar-refractivity contribution >= 4 is 23.5 Å². The first-order valence-electron chi connectivity index (χ1n) is 9.08. The molecule has 1 aliphatic rings. The van der Waals surface area contributed by atoms with Gasteiger partial charge in [0, 0.05) is 29.9 Å². The molecule has 2 unspecified atom stereocenters. The predicted octanol–water partition coefficient (Wildman–Crippen LogP) is 5.42. The number of aromatic nitrogens is 2. The van der Waals surface area contributed by atoms with E-state index >= 15 is 0 Å². The van der Waals surface area contributed by atoms with Crippen molar-refractivity contribution in [2.24, 2.45) is 0 Å². The lowest BCUT2D eigenvalue weighted by Crippen LogP contribution is -2.27. The highest BCUT2D eigenvalue weighted by Crippen LogP contribution is 2.51. The van der Waals surface area contributed by atoms with Gasteiger partial charge in [0.15, 0.2) is 0 Å². The number of benzene rings is 1. The maximum absolute atomic E-state index is 4.23. The van der Waals surface area contributed by atoms with E-state index in [9.17, 15) is 0 Å². The van der Waals surface area contributed by atoms with Crippen LogP contribution in [0.2, 0.25) is 0 Å². The van der Waals surface area contributed by atoms with Gasteiger partial charge in [0.2, 0.25) is 0 Å². The topological polar surface area (TPSA) is 17.8 Å². The molecule has 0 saturated carbocycles. The van der Waals surface area contributed by atoms with Crippen molar-refractivity contribution in [2.45, 2.75) is 61.8 Å². The lowest BCUT2D eigenvalue weighted by molar-refractivity contribution is 0.624. The molecule has 3 rings (SSSR count). The maximum Gasteiger partial charge on any atom is 0.0946 e. The second-order valence-corrected chi connectivity index (χ2v) is 10.0. The van der Waals surface area contributed by atoms with Gasteiger partial charge in [-0.2, -0.15) is 0 Å². The van der Waals surface area contributed by atoms with Gasteiger partial charge in [-0.05, 0) is 36.8 Å². The Hall–Kier alpha value is -0.870. The van der Waals surface area contributed by atoms with Crippen molar-refractivity contribution < 1.29 is 0 Å². The molecule has 0 aliphatic carbocycles. The molecular weight excluding hydrogens is 332 g/mol. The third-order valence-corrected chi connectivity index (χ3v) is 8.43. The molecule has 1 aromatic carbocycles. The fourth-order valence-corrected chi connectivity index (χ4v) is 7.07. The summed E-state index contributed by atoms with van der Waals surface area (Å²) in [6.45, 7) is 5.61. The summed E-state index contributed by atoms with van der Waals surface area (Å²) in [4.78, 5) is 4.23. The molecule has 2 nitrogen and oxygen atoms in total. The molecule has 0 amide bonds. The van der Waals surface area contributed by atoms with Gasteiger partial charge in [0.1, 0.15) is 0 Å². The first-order chi connectivity index (χ1) is 11.7. The second-order valence-electron chi connectivity index (χ2n) is 6.70. The third-order valence-electron chi connectivity index (χ3n) is 4.67. The molecule has 0 bridgehead atoms. The first kappa shape index (κ1) is 17.9. The Bertz CT molecular complexity index is 609. The molecule has 1 saturated heterocycles. The summed E-state index contributed by atoms with van der Waals surface area (Å²) >= 11 is 4.33. The van der Waals surface area contributed by atoms with Crippen LogP contribution in [0.4, 0.5) is 0 Å². The van der Waals surface area contributed by atoms with Crippen LogP contribution in [0.3, 0.4) is 0 Å². The van der Waals surface area contributed by atoms with Gasteiger partial charge in [0.25, 0.3) is 0 Å². The molecule has 0 N–H and O–H groups in total. The van der Waals surface area contributed by atoms with Crippen LogP contribution in [-0.4, -0.2) is 24.6 Å². The summed E-state index contributed by atoms with van der Waals surface area (Å²) < 4.78 is 2.49. The minimum Gasteiger partial charge on any atom is -0.335 e. The average Bonchev–Trinajstić information content (AvgIpc) is 3.25. The molecule has 0 spiro atoms. The molecule has 1 aromatic heterocycles. The molecule has 2 heterocycles. The Kier molecular flexibility index (Phi) is 6.34. The van der Waals surface area contributed by atoms with Gasteiger partial charge in [-0.1, -0.05) is 44.5 Å². The van der Waals surface area contributed by atoms with Crippen molar-refractivity contribution in [1.82, 2.24) is 9.55 Å². The van der Waals surface area contributed by atoms with Gasteiger partial charge in [-0.15, -0.1) is 23.5 Å². The maximum atomic E-state index is 4.23. The average molecular weight is 361 g/mol. The summed E-state index contributed by atoms with van der Waals surface area (Å²) in [6.07, 6.45) is 12.1. The molecule has 1 aliphatic heterocycles. The number of hydrogen-bond donors (Lipinski definition) is 0. The highest BCUT2D eigenvalue weighted by atomic mass is 32.2. The van der Waals surface area contributed by atoms with Gasteiger partial charge < -0.3 is 4.57 Å². The van der Waals surface area contributed by atoms with E-state index in [2.05, 4.69) is 77.4 Å². The predicted molar refractivity (Wildman–Crippen MR) is 108 cm³/mol. The van der Waals surface area contributed by atoms with Crippen LogP contribution >= 0.6 is 23.5 Å². The van der Waals surface area contributed by atoms with Crippen molar-refractivity contribution in [3.05, 3.63) is 54.1 Å². The molecule has 130 valence electrons. The van der Waals surface area contributed by atoms with Crippen LogP contribution < -0.4 is 0 Å². The van der Waals surface area contributed by atoms with E-state index < -0.39 is 0 Å². The minimum absolute atomic E-state index is 0.242. The summed E-state index contributed by atoms with van der Waals surface area (Å²) in [5.74, 6) is 1.27. The molecule has 4 heteroatoms. The fraction of sp³-hybridized carbons (Fsp3) is 0.550. The normalized spacial score (nSPS) is 23.7. The van der Waals surface area contributed by atoms with Gasteiger partial charge in [-0.25, -0.2) is 4.98 Å². The molecular formula is C20H28N2S2. The molecule has 1 fully saturated rings. The van der Waals surface area contributed by atoms with E-state index in [1.807, 2.05) is 12.5 Å². The molecule has 2 aromatic rings. The zero-order chi connectivity index (χ0) is 16.8. The number of imidazole rings is 1. The van der Waals surface area contributed by atoms with E-state index in [0.717, 1.165) is 18.2 Å². The summed E-state index contributed by atoms with van der Waals surface area (Å²) in [5, 5.41) is 0.780. The second kappa shape index (κ2) is 8.48. The zero-order valence-corrected chi connectivity index (χ0v) is 16.4. The smallest absolute Gasteiger partial charge is 0.0946 e. The van der Waals surface area contributed by atoms with Crippen molar-refractivity contribution in [1.29, 1.82) is 0 Å². The Morgan fingerprint density at radius 3 is 2.62 bits per heavy atom. The highest BCUT2D eigenvalue weighted by Gasteiger charge is 2.40. The van der Waals surface area contributed by atoms with Gasteiger partial charge >= 0.3 is 0 Å². The van der Waals surface area contributed by atoms with Crippen molar-refractivity contribution in [2.75, 3.05) is 5.75 Å². The molecule has 0 radical (unpaired) electrons. The SMILES string of the molecule is CCCCc1ccc(CC2(Cn3ccnc3)SCC(CC)S2)cc1. The van der Waals surface area contributed by atoms with Crippen molar-refractivity contribution in [3.63, 3.8) is 0 Å². The van der Waals surface area contributed by atoms with Crippen LogP contribution in [0.25, 0.3) is 0 Å².